The summed E-state index contributed by atoms with van der Waals surface area (Å²) in [4.78, 5) is 15.7. The number of Topliss-reactive ketones (excluding diaryl/α,β-unsaturated/α-hetero) is 1. The maximum absolute atomic E-state index is 13.2. The highest BCUT2D eigenvalue weighted by atomic mass is 16.3. The van der Waals surface area contributed by atoms with Crippen LogP contribution < -0.4 is 0 Å². The second kappa shape index (κ2) is 6.01. The zero-order valence-electron chi connectivity index (χ0n) is 18.8. The zero-order valence-corrected chi connectivity index (χ0v) is 18.8. The highest BCUT2D eigenvalue weighted by Gasteiger charge is 2.61. The minimum Gasteiger partial charge on any atom is -0.393 e. The molecule has 3 aliphatic carbocycles. The van der Waals surface area contributed by atoms with Gasteiger partial charge in [0.2, 0.25) is 0 Å². The second-order valence-corrected chi connectivity index (χ2v) is 12.1. The third-order valence-electron chi connectivity index (χ3n) is 10.9. The van der Waals surface area contributed by atoms with Gasteiger partial charge >= 0.3 is 0 Å². The fourth-order valence-electron chi connectivity index (χ4n) is 9.39. The summed E-state index contributed by atoms with van der Waals surface area (Å²) in [6.45, 7) is 5.73. The van der Waals surface area contributed by atoms with Crippen molar-refractivity contribution in [2.45, 2.75) is 94.9 Å². The maximum atomic E-state index is 13.2. The van der Waals surface area contributed by atoms with E-state index in [0.29, 0.717) is 42.4 Å². The first kappa shape index (κ1) is 19.3. The number of nitrogens with zero attached hydrogens (tertiary/aromatic N) is 1. The van der Waals surface area contributed by atoms with Crippen LogP contribution in [-0.2, 0) is 16.9 Å². The molecular weight excluding hydrogens is 386 g/mol. The van der Waals surface area contributed by atoms with E-state index >= 15 is 0 Å². The molecule has 31 heavy (non-hydrogen) atoms. The van der Waals surface area contributed by atoms with Crippen molar-refractivity contribution in [2.24, 2.45) is 23.2 Å². The Morgan fingerprint density at radius 3 is 2.77 bits per heavy atom. The van der Waals surface area contributed by atoms with Gasteiger partial charge in [-0.3, -0.25) is 9.69 Å². The van der Waals surface area contributed by atoms with Crippen molar-refractivity contribution in [2.75, 3.05) is 6.54 Å². The fraction of sp³-hybridized carbons (Fsp3) is 0.741. The molecule has 4 nitrogen and oxygen atoms in total. The monoisotopic (exact) mass is 421 g/mol. The molecule has 4 fully saturated rings. The second-order valence-electron chi connectivity index (χ2n) is 12.1. The van der Waals surface area contributed by atoms with Crippen LogP contribution in [0.15, 0.2) is 12.1 Å². The SMILES string of the molecule is C[C@@H]1c2ccc3c(c2[C@@]2(O)C[C@H]4CC[C@@H]1N2C4)C[C@H]1[C@@H]3CC(=O)[C@H]2C[C@@H](O)CC[C@]21C. The van der Waals surface area contributed by atoms with Gasteiger partial charge in [-0.15, -0.1) is 0 Å². The molecule has 2 saturated heterocycles. The Kier molecular flexibility index (Phi) is 3.73. The van der Waals surface area contributed by atoms with Crippen molar-refractivity contribution in [3.05, 3.63) is 34.4 Å². The topological polar surface area (TPSA) is 60.8 Å². The summed E-state index contributed by atoms with van der Waals surface area (Å²) < 4.78 is 0. The van der Waals surface area contributed by atoms with E-state index in [1.807, 2.05) is 0 Å². The number of benzene rings is 1. The summed E-state index contributed by atoms with van der Waals surface area (Å²) in [5, 5.41) is 22.5. The molecular formula is C27H35NO3. The quantitative estimate of drug-likeness (QED) is 0.668. The lowest BCUT2D eigenvalue weighted by atomic mass is 9.52. The Balaban J connectivity index is 1.38. The zero-order chi connectivity index (χ0) is 21.3. The number of carbonyl (C=O) groups is 1. The van der Waals surface area contributed by atoms with Gasteiger partial charge in [0.1, 0.15) is 11.5 Å². The van der Waals surface area contributed by atoms with E-state index in [2.05, 4.69) is 30.9 Å². The summed E-state index contributed by atoms with van der Waals surface area (Å²) in [6, 6.07) is 5.09. The van der Waals surface area contributed by atoms with Gasteiger partial charge in [-0.05, 0) is 90.7 Å². The smallest absolute Gasteiger partial charge is 0.145 e. The van der Waals surface area contributed by atoms with Gasteiger partial charge in [0.25, 0.3) is 0 Å². The van der Waals surface area contributed by atoms with Crippen molar-refractivity contribution in [3.8, 4) is 0 Å². The highest BCUT2D eigenvalue weighted by molar-refractivity contribution is 5.84. The van der Waals surface area contributed by atoms with Gasteiger partial charge in [-0.2, -0.15) is 0 Å². The van der Waals surface area contributed by atoms with Crippen molar-refractivity contribution in [1.29, 1.82) is 0 Å². The van der Waals surface area contributed by atoms with E-state index < -0.39 is 5.72 Å². The molecule has 1 aromatic rings. The molecule has 2 saturated carbocycles. The molecule has 3 heterocycles. The molecule has 0 amide bonds. The van der Waals surface area contributed by atoms with Crippen molar-refractivity contribution >= 4 is 5.78 Å². The van der Waals surface area contributed by atoms with Crippen LogP contribution >= 0.6 is 0 Å². The Labute approximate surface area is 185 Å². The standard InChI is InChI=1S/C27H35NO3/c1-14-17-4-5-18-19-11-24(30)22-9-16(29)7-8-26(22,2)21(19)10-20(18)25(17)27(31)12-15-3-6-23(14)28(27)13-15/h4-5,14-16,19,21-23,29,31H,3,6-13H2,1-2H3/t14-,15-,16+,19-,21+,22-,23+,26+,27+/m1/s1. The van der Waals surface area contributed by atoms with Crippen LogP contribution in [0, 0.1) is 23.2 Å². The summed E-state index contributed by atoms with van der Waals surface area (Å²) in [5.41, 5.74) is 4.51. The lowest BCUT2D eigenvalue weighted by Gasteiger charge is -2.52. The predicted octanol–water partition coefficient (Wildman–Crippen LogP) is 3.83. The summed E-state index contributed by atoms with van der Waals surface area (Å²) >= 11 is 0. The summed E-state index contributed by atoms with van der Waals surface area (Å²) in [6.07, 6.45) is 7.02. The molecule has 4 heteroatoms. The summed E-state index contributed by atoms with van der Waals surface area (Å²) in [5.74, 6) is 2.18. The third kappa shape index (κ3) is 2.25. The fourth-order valence-corrected chi connectivity index (χ4v) is 9.39. The third-order valence-corrected chi connectivity index (χ3v) is 10.9. The molecule has 1 aromatic carbocycles. The molecule has 9 atom stereocenters. The van der Waals surface area contributed by atoms with Gasteiger partial charge < -0.3 is 10.2 Å². The van der Waals surface area contributed by atoms with Crippen LogP contribution in [0.2, 0.25) is 0 Å². The number of ketones is 1. The molecule has 3 aliphatic heterocycles. The van der Waals surface area contributed by atoms with Crippen molar-refractivity contribution in [1.82, 2.24) is 4.90 Å². The van der Waals surface area contributed by atoms with E-state index in [1.54, 1.807) is 0 Å². The molecule has 0 aromatic heterocycles. The van der Waals surface area contributed by atoms with Crippen molar-refractivity contribution < 1.29 is 15.0 Å². The minimum absolute atomic E-state index is 0.00322. The van der Waals surface area contributed by atoms with E-state index in [4.69, 9.17) is 0 Å². The molecule has 166 valence electrons. The number of hydrogen-bond acceptors (Lipinski definition) is 4. The number of fused-ring (bicyclic) bond motifs is 9. The van der Waals surface area contributed by atoms with Crippen LogP contribution in [0.3, 0.4) is 0 Å². The number of aliphatic hydroxyl groups is 2. The Bertz CT molecular complexity index is 989. The minimum atomic E-state index is -0.806. The molecule has 2 bridgehead atoms. The number of carbonyl (C=O) groups excluding carboxylic acids is 1. The Hall–Kier alpha value is -1.23. The first-order chi connectivity index (χ1) is 14.8. The van der Waals surface area contributed by atoms with E-state index in [1.165, 1.54) is 35.1 Å². The van der Waals surface area contributed by atoms with Crippen LogP contribution in [0.4, 0.5) is 0 Å². The van der Waals surface area contributed by atoms with Gasteiger partial charge in [0, 0.05) is 30.5 Å². The van der Waals surface area contributed by atoms with Gasteiger partial charge in [0.05, 0.1) is 6.10 Å². The molecule has 2 N–H and O–H groups in total. The number of aliphatic hydroxyl groups excluding tert-OH is 1. The first-order valence-electron chi connectivity index (χ1n) is 12.7. The lowest BCUT2D eigenvalue weighted by Crippen LogP contribution is -2.54. The van der Waals surface area contributed by atoms with Crippen LogP contribution in [0.25, 0.3) is 0 Å². The Morgan fingerprint density at radius 2 is 1.94 bits per heavy atom. The van der Waals surface area contributed by atoms with Crippen LogP contribution in [0.1, 0.15) is 92.9 Å². The average Bonchev–Trinajstić information content (AvgIpc) is 3.25. The van der Waals surface area contributed by atoms with Crippen LogP contribution in [-0.4, -0.2) is 39.6 Å². The molecule has 0 unspecified atom stereocenters. The highest BCUT2D eigenvalue weighted by Crippen LogP contribution is 2.63. The average molecular weight is 422 g/mol. The van der Waals surface area contributed by atoms with Gasteiger partial charge in [0.15, 0.2) is 0 Å². The molecule has 6 aliphatic rings. The largest absolute Gasteiger partial charge is 0.393 e. The van der Waals surface area contributed by atoms with Crippen molar-refractivity contribution in [3.63, 3.8) is 0 Å². The maximum Gasteiger partial charge on any atom is 0.145 e. The normalized spacial score (nSPS) is 49.9. The van der Waals surface area contributed by atoms with E-state index in [9.17, 15) is 15.0 Å². The van der Waals surface area contributed by atoms with Gasteiger partial charge in [-0.1, -0.05) is 26.0 Å². The summed E-state index contributed by atoms with van der Waals surface area (Å²) in [7, 11) is 0. The number of hydrogen-bond donors (Lipinski definition) is 2. The number of piperidine rings is 1. The predicted molar refractivity (Wildman–Crippen MR) is 118 cm³/mol. The van der Waals surface area contributed by atoms with Crippen LogP contribution in [0.5, 0.6) is 0 Å². The van der Waals surface area contributed by atoms with E-state index in [-0.39, 0.29) is 23.4 Å². The lowest BCUT2D eigenvalue weighted by molar-refractivity contribution is -0.141. The van der Waals surface area contributed by atoms with Gasteiger partial charge in [-0.25, -0.2) is 0 Å². The number of rotatable bonds is 0. The molecule has 0 radical (unpaired) electrons. The first-order valence-corrected chi connectivity index (χ1v) is 12.7. The molecule has 0 spiro atoms. The molecule has 7 rings (SSSR count). The Morgan fingerprint density at radius 1 is 1.13 bits per heavy atom. The van der Waals surface area contributed by atoms with E-state index in [0.717, 1.165) is 32.2 Å².